The lowest BCUT2D eigenvalue weighted by molar-refractivity contribution is 0.0661. The van der Waals surface area contributed by atoms with Crippen LogP contribution in [-0.2, 0) is 0 Å². The molecule has 2 aromatic rings. The predicted molar refractivity (Wildman–Crippen MR) is 62.9 cm³/mol. The van der Waals surface area contributed by atoms with Crippen molar-refractivity contribution in [1.82, 2.24) is 4.98 Å². The van der Waals surface area contributed by atoms with Crippen molar-refractivity contribution in [2.75, 3.05) is 0 Å². The van der Waals surface area contributed by atoms with Crippen LogP contribution in [0, 0.1) is 11.6 Å². The molecule has 1 aromatic heterocycles. The van der Waals surface area contributed by atoms with E-state index in [0.717, 1.165) is 12.1 Å². The smallest absolute Gasteiger partial charge is 0.373 e. The first kappa shape index (κ1) is 13.2. The van der Waals surface area contributed by atoms with Gasteiger partial charge in [-0.1, -0.05) is 13.8 Å². The summed E-state index contributed by atoms with van der Waals surface area (Å²) in [7, 11) is 0. The third kappa shape index (κ3) is 2.47. The summed E-state index contributed by atoms with van der Waals surface area (Å²) in [6.45, 7) is 3.53. The molecular weight excluding hydrogens is 256 g/mol. The summed E-state index contributed by atoms with van der Waals surface area (Å²) >= 11 is 0. The predicted octanol–water partition coefficient (Wildman–Crippen LogP) is 3.44. The van der Waals surface area contributed by atoms with Gasteiger partial charge in [-0.3, -0.25) is 0 Å². The number of benzene rings is 1. The normalized spacial score (nSPS) is 11.0. The molecule has 1 aromatic carbocycles. The summed E-state index contributed by atoms with van der Waals surface area (Å²) in [5.41, 5.74) is 0.459. The topological polar surface area (TPSA) is 63.3 Å². The first-order valence-corrected chi connectivity index (χ1v) is 5.59. The second-order valence-corrected chi connectivity index (χ2v) is 4.32. The van der Waals surface area contributed by atoms with E-state index in [1.165, 1.54) is 6.07 Å². The van der Waals surface area contributed by atoms with E-state index in [-0.39, 0.29) is 28.8 Å². The standard InChI is InChI=1S/C13H11F2NO3/c1-6(2)10-11(13(17)18)19-12(16-10)7-3-4-8(14)9(15)5-7/h3-6H,1-2H3,(H,17,18). The quantitative estimate of drug-likeness (QED) is 0.925. The van der Waals surface area contributed by atoms with Gasteiger partial charge in [-0.25, -0.2) is 18.6 Å². The van der Waals surface area contributed by atoms with Gasteiger partial charge in [0.2, 0.25) is 11.7 Å². The zero-order chi connectivity index (χ0) is 14.2. The van der Waals surface area contributed by atoms with Crippen molar-refractivity contribution in [2.45, 2.75) is 19.8 Å². The van der Waals surface area contributed by atoms with Crippen molar-refractivity contribution in [3.05, 3.63) is 41.3 Å². The number of rotatable bonds is 3. The molecule has 0 saturated carbocycles. The van der Waals surface area contributed by atoms with Gasteiger partial charge in [0.15, 0.2) is 11.6 Å². The third-order valence-electron chi connectivity index (χ3n) is 2.56. The molecule has 0 atom stereocenters. The van der Waals surface area contributed by atoms with Gasteiger partial charge >= 0.3 is 5.97 Å². The number of hydrogen-bond acceptors (Lipinski definition) is 3. The Bertz CT molecular complexity index is 635. The van der Waals surface area contributed by atoms with Gasteiger partial charge < -0.3 is 9.52 Å². The molecule has 2 rings (SSSR count). The number of aromatic nitrogens is 1. The molecule has 19 heavy (non-hydrogen) atoms. The van der Waals surface area contributed by atoms with Gasteiger partial charge in [0.05, 0.1) is 5.69 Å². The Balaban J connectivity index is 2.54. The van der Waals surface area contributed by atoms with Crippen LogP contribution in [0.3, 0.4) is 0 Å². The molecule has 6 heteroatoms. The minimum Gasteiger partial charge on any atom is -0.475 e. The van der Waals surface area contributed by atoms with E-state index in [1.54, 1.807) is 13.8 Å². The maximum atomic E-state index is 13.1. The van der Waals surface area contributed by atoms with E-state index in [1.807, 2.05) is 0 Å². The number of carboxylic acid groups (broad SMARTS) is 1. The van der Waals surface area contributed by atoms with Crippen LogP contribution in [0.2, 0.25) is 0 Å². The average molecular weight is 267 g/mol. The summed E-state index contributed by atoms with van der Waals surface area (Å²) in [6.07, 6.45) is 0. The van der Waals surface area contributed by atoms with Gasteiger partial charge in [0.25, 0.3) is 0 Å². The maximum absolute atomic E-state index is 13.1. The molecule has 0 saturated heterocycles. The number of halogens is 2. The summed E-state index contributed by atoms with van der Waals surface area (Å²) in [5, 5.41) is 9.01. The van der Waals surface area contributed by atoms with Crippen LogP contribution in [0.25, 0.3) is 11.5 Å². The zero-order valence-corrected chi connectivity index (χ0v) is 10.3. The third-order valence-corrected chi connectivity index (χ3v) is 2.56. The second-order valence-electron chi connectivity index (χ2n) is 4.32. The highest BCUT2D eigenvalue weighted by atomic mass is 19.2. The van der Waals surface area contributed by atoms with Gasteiger partial charge in [0.1, 0.15) is 0 Å². The molecule has 1 heterocycles. The molecule has 0 fully saturated rings. The molecule has 0 spiro atoms. The number of oxazole rings is 1. The summed E-state index contributed by atoms with van der Waals surface area (Å²) < 4.78 is 31.1. The average Bonchev–Trinajstić information content (AvgIpc) is 2.78. The SMILES string of the molecule is CC(C)c1nc(-c2ccc(F)c(F)c2)oc1C(=O)O. The Morgan fingerprint density at radius 2 is 2.00 bits per heavy atom. The highest BCUT2D eigenvalue weighted by molar-refractivity contribution is 5.86. The molecule has 4 nitrogen and oxygen atoms in total. The molecular formula is C13H11F2NO3. The van der Waals surface area contributed by atoms with Gasteiger partial charge in [-0.05, 0) is 24.1 Å². The Morgan fingerprint density at radius 1 is 1.32 bits per heavy atom. The fraction of sp³-hybridized carbons (Fsp3) is 0.231. The van der Waals surface area contributed by atoms with Crippen molar-refractivity contribution < 1.29 is 23.1 Å². The Hall–Kier alpha value is -2.24. The van der Waals surface area contributed by atoms with Crippen molar-refractivity contribution in [3.8, 4) is 11.5 Å². The molecule has 100 valence electrons. The van der Waals surface area contributed by atoms with E-state index in [4.69, 9.17) is 9.52 Å². The van der Waals surface area contributed by atoms with Crippen molar-refractivity contribution in [2.24, 2.45) is 0 Å². The number of nitrogens with zero attached hydrogens (tertiary/aromatic N) is 1. The van der Waals surface area contributed by atoms with Crippen molar-refractivity contribution in [3.63, 3.8) is 0 Å². The van der Waals surface area contributed by atoms with E-state index < -0.39 is 17.6 Å². The van der Waals surface area contributed by atoms with Crippen LogP contribution < -0.4 is 0 Å². The summed E-state index contributed by atoms with van der Waals surface area (Å²) in [6, 6.07) is 3.13. The molecule has 0 unspecified atom stereocenters. The molecule has 0 bridgehead atoms. The van der Waals surface area contributed by atoms with Crippen LogP contribution >= 0.6 is 0 Å². The van der Waals surface area contributed by atoms with Crippen molar-refractivity contribution in [1.29, 1.82) is 0 Å². The van der Waals surface area contributed by atoms with Crippen LogP contribution in [0.15, 0.2) is 22.6 Å². The van der Waals surface area contributed by atoms with E-state index in [2.05, 4.69) is 4.98 Å². The largest absolute Gasteiger partial charge is 0.475 e. The van der Waals surface area contributed by atoms with Crippen molar-refractivity contribution >= 4 is 5.97 Å². The number of aromatic carboxylic acids is 1. The molecule has 0 aliphatic carbocycles. The van der Waals surface area contributed by atoms with Crippen LogP contribution in [-0.4, -0.2) is 16.1 Å². The minimum atomic E-state index is -1.25. The van der Waals surface area contributed by atoms with Gasteiger partial charge in [-0.2, -0.15) is 0 Å². The summed E-state index contributed by atoms with van der Waals surface area (Å²) in [5.74, 6) is -3.76. The highest BCUT2D eigenvalue weighted by Gasteiger charge is 2.22. The molecule has 0 radical (unpaired) electrons. The van der Waals surface area contributed by atoms with E-state index in [9.17, 15) is 13.6 Å². The summed E-state index contributed by atoms with van der Waals surface area (Å²) in [4.78, 5) is 15.1. The maximum Gasteiger partial charge on any atom is 0.373 e. The second kappa shape index (κ2) is 4.79. The fourth-order valence-corrected chi connectivity index (χ4v) is 1.63. The highest BCUT2D eigenvalue weighted by Crippen LogP contribution is 2.27. The van der Waals surface area contributed by atoms with Gasteiger partial charge in [-0.15, -0.1) is 0 Å². The number of carboxylic acids is 1. The Morgan fingerprint density at radius 3 is 2.47 bits per heavy atom. The number of hydrogen-bond donors (Lipinski definition) is 1. The molecule has 0 aliphatic heterocycles. The van der Waals surface area contributed by atoms with Crippen LogP contribution in [0.1, 0.15) is 36.0 Å². The molecule has 1 N–H and O–H groups in total. The monoisotopic (exact) mass is 267 g/mol. The first-order chi connectivity index (χ1) is 8.90. The lowest BCUT2D eigenvalue weighted by Gasteiger charge is -1.98. The minimum absolute atomic E-state index is 0.0417. The number of carbonyl (C=O) groups is 1. The zero-order valence-electron chi connectivity index (χ0n) is 10.3. The molecule has 0 aliphatic rings. The van der Waals surface area contributed by atoms with Gasteiger partial charge in [0, 0.05) is 5.56 Å². The van der Waals surface area contributed by atoms with Crippen LogP contribution in [0.5, 0.6) is 0 Å². The van der Waals surface area contributed by atoms with Crippen LogP contribution in [0.4, 0.5) is 8.78 Å². The Labute approximate surface area is 107 Å². The fourth-order valence-electron chi connectivity index (χ4n) is 1.63. The van der Waals surface area contributed by atoms with E-state index >= 15 is 0 Å². The molecule has 0 amide bonds. The lowest BCUT2D eigenvalue weighted by atomic mass is 10.1. The lowest BCUT2D eigenvalue weighted by Crippen LogP contribution is -2.01. The Kier molecular flexibility index (Phi) is 3.33. The van der Waals surface area contributed by atoms with E-state index in [0.29, 0.717) is 0 Å². The first-order valence-electron chi connectivity index (χ1n) is 5.59.